The normalized spacial score (nSPS) is 10.8. The Bertz CT molecular complexity index is 524. The molecule has 96 valence electrons. The molecule has 1 aromatic heterocycles. The van der Waals surface area contributed by atoms with Crippen molar-refractivity contribution in [3.05, 3.63) is 24.3 Å². The van der Waals surface area contributed by atoms with Gasteiger partial charge in [-0.3, -0.25) is 0 Å². The lowest BCUT2D eigenvalue weighted by atomic mass is 10.2. The third kappa shape index (κ3) is 2.53. The number of hydrogen-bond acceptors (Lipinski definition) is 4. The van der Waals surface area contributed by atoms with Gasteiger partial charge in [0.05, 0.1) is 5.52 Å². The summed E-state index contributed by atoms with van der Waals surface area (Å²) in [7, 11) is 0. The van der Waals surface area contributed by atoms with Gasteiger partial charge in [-0.15, -0.1) is 0 Å². The first-order chi connectivity index (χ1) is 8.76. The summed E-state index contributed by atoms with van der Waals surface area (Å²) in [6, 6.07) is 8.02. The number of unbranched alkanes of at least 4 members (excludes halogenated alkanes) is 1. The van der Waals surface area contributed by atoms with Gasteiger partial charge in [-0.05, 0) is 25.5 Å². The molecule has 0 aliphatic carbocycles. The number of fused-ring (bicyclic) bond motifs is 1. The number of anilines is 2. The second-order valence-corrected chi connectivity index (χ2v) is 4.36. The van der Waals surface area contributed by atoms with E-state index in [-0.39, 0.29) is 0 Å². The van der Waals surface area contributed by atoms with E-state index in [1.54, 1.807) is 0 Å². The van der Waals surface area contributed by atoms with Crippen molar-refractivity contribution >= 4 is 22.7 Å². The smallest absolute Gasteiger partial charge is 0.222 e. The number of aromatic nitrogens is 2. The molecule has 4 heteroatoms. The van der Waals surface area contributed by atoms with E-state index >= 15 is 0 Å². The van der Waals surface area contributed by atoms with Crippen LogP contribution in [0.15, 0.2) is 24.3 Å². The highest BCUT2D eigenvalue weighted by Gasteiger charge is 2.11. The predicted molar refractivity (Wildman–Crippen MR) is 76.7 cm³/mol. The van der Waals surface area contributed by atoms with Gasteiger partial charge in [-0.25, -0.2) is 4.98 Å². The lowest BCUT2D eigenvalue weighted by molar-refractivity contribution is 0.726. The van der Waals surface area contributed by atoms with Crippen molar-refractivity contribution in [2.45, 2.75) is 26.7 Å². The molecule has 4 nitrogen and oxygen atoms in total. The third-order valence-electron chi connectivity index (χ3n) is 3.06. The Labute approximate surface area is 108 Å². The minimum Gasteiger partial charge on any atom is -0.368 e. The summed E-state index contributed by atoms with van der Waals surface area (Å²) in [5, 5.41) is 1.07. The van der Waals surface area contributed by atoms with E-state index < -0.39 is 0 Å². The molecular weight excluding hydrogens is 224 g/mol. The fraction of sp³-hybridized carbons (Fsp3) is 0.429. The molecule has 0 aliphatic rings. The Morgan fingerprint density at radius 2 is 1.94 bits per heavy atom. The van der Waals surface area contributed by atoms with Crippen LogP contribution < -0.4 is 10.6 Å². The van der Waals surface area contributed by atoms with Crippen LogP contribution in [0.4, 0.5) is 11.8 Å². The highest BCUT2D eigenvalue weighted by atomic mass is 15.2. The van der Waals surface area contributed by atoms with E-state index in [9.17, 15) is 0 Å². The van der Waals surface area contributed by atoms with Crippen molar-refractivity contribution in [2.75, 3.05) is 23.7 Å². The van der Waals surface area contributed by atoms with Crippen LogP contribution in [0.2, 0.25) is 0 Å². The second kappa shape index (κ2) is 5.67. The number of rotatable bonds is 5. The van der Waals surface area contributed by atoms with Gasteiger partial charge in [0.2, 0.25) is 5.95 Å². The molecule has 2 rings (SSSR count). The molecule has 0 radical (unpaired) electrons. The average molecular weight is 244 g/mol. The molecule has 0 atom stereocenters. The fourth-order valence-electron chi connectivity index (χ4n) is 2.08. The number of benzene rings is 1. The minimum absolute atomic E-state index is 0.346. The minimum atomic E-state index is 0.346. The number of nitrogens with two attached hydrogens (primary N) is 1. The first-order valence-corrected chi connectivity index (χ1v) is 6.53. The highest BCUT2D eigenvalue weighted by Crippen LogP contribution is 2.24. The van der Waals surface area contributed by atoms with Gasteiger partial charge < -0.3 is 10.6 Å². The maximum atomic E-state index is 5.80. The fourth-order valence-corrected chi connectivity index (χ4v) is 2.08. The van der Waals surface area contributed by atoms with Gasteiger partial charge >= 0.3 is 0 Å². The number of para-hydroxylation sites is 1. The molecule has 1 aromatic carbocycles. The first-order valence-electron chi connectivity index (χ1n) is 6.53. The molecule has 1 heterocycles. The van der Waals surface area contributed by atoms with Gasteiger partial charge in [0.15, 0.2) is 0 Å². The summed E-state index contributed by atoms with van der Waals surface area (Å²) in [6.45, 7) is 6.27. The molecule has 0 fully saturated rings. The second-order valence-electron chi connectivity index (χ2n) is 4.36. The van der Waals surface area contributed by atoms with Crippen molar-refractivity contribution in [1.29, 1.82) is 0 Å². The lowest BCUT2D eigenvalue weighted by Crippen LogP contribution is -2.25. The quantitative estimate of drug-likeness (QED) is 0.878. The van der Waals surface area contributed by atoms with Crippen LogP contribution in [0.25, 0.3) is 10.9 Å². The molecule has 2 aromatic rings. The van der Waals surface area contributed by atoms with Crippen LogP contribution in [0, 0.1) is 0 Å². The van der Waals surface area contributed by atoms with E-state index in [2.05, 4.69) is 34.8 Å². The molecule has 2 N–H and O–H groups in total. The van der Waals surface area contributed by atoms with Crippen LogP contribution in [0.1, 0.15) is 26.7 Å². The Balaban J connectivity index is 2.47. The lowest BCUT2D eigenvalue weighted by Gasteiger charge is -2.23. The zero-order valence-electron chi connectivity index (χ0n) is 11.1. The van der Waals surface area contributed by atoms with Crippen LogP contribution in [-0.2, 0) is 0 Å². The van der Waals surface area contributed by atoms with E-state index in [4.69, 9.17) is 5.73 Å². The Hall–Kier alpha value is -1.84. The summed E-state index contributed by atoms with van der Waals surface area (Å²) in [5.74, 6) is 1.30. The standard InChI is InChI=1S/C14H20N4/c1-3-5-10-18(4-2)13-11-8-6-7-9-12(11)16-14(15)17-13/h6-9H,3-5,10H2,1-2H3,(H2,15,16,17). The first kappa shape index (κ1) is 12.6. The summed E-state index contributed by atoms with van der Waals surface area (Å²) < 4.78 is 0. The van der Waals surface area contributed by atoms with Gasteiger partial charge in [0.25, 0.3) is 0 Å². The maximum absolute atomic E-state index is 5.80. The highest BCUT2D eigenvalue weighted by molar-refractivity contribution is 5.90. The molecule has 0 unspecified atom stereocenters. The van der Waals surface area contributed by atoms with Crippen LogP contribution in [0.3, 0.4) is 0 Å². The van der Waals surface area contributed by atoms with Crippen molar-refractivity contribution in [2.24, 2.45) is 0 Å². The van der Waals surface area contributed by atoms with Crippen molar-refractivity contribution in [3.63, 3.8) is 0 Å². The number of hydrogen-bond donors (Lipinski definition) is 1. The van der Waals surface area contributed by atoms with Crippen LogP contribution in [-0.4, -0.2) is 23.1 Å². The molecule has 0 aliphatic heterocycles. The maximum Gasteiger partial charge on any atom is 0.222 e. The summed E-state index contributed by atoms with van der Waals surface area (Å²) in [5.41, 5.74) is 6.71. The van der Waals surface area contributed by atoms with Gasteiger partial charge in [-0.1, -0.05) is 25.5 Å². The molecular formula is C14H20N4. The van der Waals surface area contributed by atoms with Crippen molar-refractivity contribution in [1.82, 2.24) is 9.97 Å². The van der Waals surface area contributed by atoms with Gasteiger partial charge in [0.1, 0.15) is 5.82 Å². The van der Waals surface area contributed by atoms with E-state index in [0.29, 0.717) is 5.95 Å². The topological polar surface area (TPSA) is 55.0 Å². The van der Waals surface area contributed by atoms with Crippen molar-refractivity contribution in [3.8, 4) is 0 Å². The zero-order chi connectivity index (χ0) is 13.0. The van der Waals surface area contributed by atoms with Gasteiger partial charge in [-0.2, -0.15) is 4.98 Å². The Morgan fingerprint density at radius 1 is 1.17 bits per heavy atom. The molecule has 18 heavy (non-hydrogen) atoms. The van der Waals surface area contributed by atoms with Crippen LogP contribution in [0.5, 0.6) is 0 Å². The average Bonchev–Trinajstić information content (AvgIpc) is 2.39. The predicted octanol–water partition coefficient (Wildman–Crippen LogP) is 2.84. The SMILES string of the molecule is CCCCN(CC)c1nc(N)nc2ccccc12. The van der Waals surface area contributed by atoms with E-state index in [1.165, 1.54) is 6.42 Å². The molecule has 0 amide bonds. The summed E-state index contributed by atoms with van der Waals surface area (Å²) >= 11 is 0. The van der Waals surface area contributed by atoms with Crippen LogP contribution >= 0.6 is 0 Å². The Morgan fingerprint density at radius 3 is 2.67 bits per heavy atom. The van der Waals surface area contributed by atoms with E-state index in [0.717, 1.165) is 36.2 Å². The summed E-state index contributed by atoms with van der Waals surface area (Å²) in [4.78, 5) is 11.0. The number of nitrogen functional groups attached to an aromatic ring is 1. The summed E-state index contributed by atoms with van der Waals surface area (Å²) in [6.07, 6.45) is 2.33. The molecule has 0 spiro atoms. The Kier molecular flexibility index (Phi) is 3.97. The number of nitrogens with zero attached hydrogens (tertiary/aromatic N) is 3. The monoisotopic (exact) mass is 244 g/mol. The molecule has 0 saturated carbocycles. The third-order valence-corrected chi connectivity index (χ3v) is 3.06. The molecule has 0 saturated heterocycles. The van der Waals surface area contributed by atoms with E-state index in [1.807, 2.05) is 18.2 Å². The van der Waals surface area contributed by atoms with Crippen molar-refractivity contribution < 1.29 is 0 Å². The van der Waals surface area contributed by atoms with Gasteiger partial charge in [0, 0.05) is 18.5 Å². The molecule has 0 bridgehead atoms. The zero-order valence-corrected chi connectivity index (χ0v) is 11.1. The largest absolute Gasteiger partial charge is 0.368 e.